The van der Waals surface area contributed by atoms with Crippen molar-refractivity contribution < 1.29 is 14.3 Å². The first-order valence-electron chi connectivity index (χ1n) is 10.6. The molecule has 9 heteroatoms. The van der Waals surface area contributed by atoms with E-state index in [1.54, 1.807) is 25.3 Å². The molecule has 2 aromatic rings. The minimum absolute atomic E-state index is 0.0305. The lowest BCUT2D eigenvalue weighted by molar-refractivity contribution is 0.117. The zero-order valence-corrected chi connectivity index (χ0v) is 19.6. The number of aromatic nitrogens is 1. The molecule has 4 rings (SSSR count). The lowest BCUT2D eigenvalue weighted by Crippen LogP contribution is -2.56. The number of oxazole rings is 1. The van der Waals surface area contributed by atoms with Gasteiger partial charge in [-0.15, -0.1) is 0 Å². The maximum atomic E-state index is 12.7. The summed E-state index contributed by atoms with van der Waals surface area (Å²) in [5.41, 5.74) is 2.75. The highest BCUT2D eigenvalue weighted by Gasteiger charge is 2.30. The number of amides is 2. The van der Waals surface area contributed by atoms with E-state index >= 15 is 0 Å². The van der Waals surface area contributed by atoms with Crippen LogP contribution in [0.5, 0.6) is 0 Å². The van der Waals surface area contributed by atoms with Gasteiger partial charge in [-0.25, -0.2) is 9.78 Å². The Morgan fingerprint density at radius 1 is 1.28 bits per heavy atom. The van der Waals surface area contributed by atoms with E-state index in [-0.39, 0.29) is 17.8 Å². The number of urea groups is 1. The highest BCUT2D eigenvalue weighted by molar-refractivity contribution is 6.42. The molecule has 1 fully saturated rings. The fourth-order valence-corrected chi connectivity index (χ4v) is 4.47. The van der Waals surface area contributed by atoms with Gasteiger partial charge in [0.2, 0.25) is 0 Å². The maximum Gasteiger partial charge on any atom is 0.318 e. The third-order valence-corrected chi connectivity index (χ3v) is 6.62. The number of benzene rings is 1. The van der Waals surface area contributed by atoms with Gasteiger partial charge in [-0.1, -0.05) is 29.3 Å². The predicted octanol–water partition coefficient (Wildman–Crippen LogP) is 5.15. The minimum Gasteiger partial charge on any atom is -0.507 e. The van der Waals surface area contributed by atoms with Crippen LogP contribution in [0.1, 0.15) is 37.0 Å². The zero-order valence-electron chi connectivity index (χ0n) is 18.1. The van der Waals surface area contributed by atoms with Crippen molar-refractivity contribution in [3.63, 3.8) is 0 Å². The van der Waals surface area contributed by atoms with Crippen molar-refractivity contribution in [2.75, 3.05) is 19.6 Å². The molecule has 2 N–H and O–H groups in total. The maximum absolute atomic E-state index is 12.7. The number of hydrogen-bond acceptors (Lipinski definition) is 5. The topological polar surface area (TPSA) is 81.8 Å². The quantitative estimate of drug-likeness (QED) is 0.637. The molecule has 32 heavy (non-hydrogen) atoms. The summed E-state index contributed by atoms with van der Waals surface area (Å²) in [6.07, 6.45) is 4.95. The first-order chi connectivity index (χ1) is 15.3. The Bertz CT molecular complexity index is 1080. The lowest BCUT2D eigenvalue weighted by atomic mass is 9.98. The van der Waals surface area contributed by atoms with Gasteiger partial charge in [0.15, 0.2) is 11.7 Å². The summed E-state index contributed by atoms with van der Waals surface area (Å²) >= 11 is 12.0. The first kappa shape index (κ1) is 22.6. The van der Waals surface area contributed by atoms with E-state index in [9.17, 15) is 9.90 Å². The molecule has 0 bridgehead atoms. The van der Waals surface area contributed by atoms with E-state index in [0.29, 0.717) is 54.3 Å². The highest BCUT2D eigenvalue weighted by Crippen LogP contribution is 2.33. The normalized spacial score (nSPS) is 19.2. The van der Waals surface area contributed by atoms with Gasteiger partial charge < -0.3 is 24.6 Å². The Balaban J connectivity index is 1.35. The van der Waals surface area contributed by atoms with Crippen molar-refractivity contribution in [3.05, 3.63) is 69.2 Å². The number of carbonyl (C=O) groups excluding carboxylic acids is 1. The predicted molar refractivity (Wildman–Crippen MR) is 125 cm³/mol. The molecule has 170 valence electrons. The highest BCUT2D eigenvalue weighted by atomic mass is 35.5. The Kier molecular flexibility index (Phi) is 6.67. The van der Waals surface area contributed by atoms with Crippen molar-refractivity contribution in [2.45, 2.75) is 39.3 Å². The van der Waals surface area contributed by atoms with Gasteiger partial charge in [-0.3, -0.25) is 0 Å². The number of carbonyl (C=O) groups is 1. The number of aliphatic hydroxyl groups is 1. The van der Waals surface area contributed by atoms with E-state index < -0.39 is 0 Å². The molecule has 2 heterocycles. The van der Waals surface area contributed by atoms with E-state index in [1.807, 2.05) is 24.0 Å². The van der Waals surface area contributed by atoms with Crippen molar-refractivity contribution >= 4 is 34.8 Å². The summed E-state index contributed by atoms with van der Waals surface area (Å²) in [7, 11) is 0. The van der Waals surface area contributed by atoms with Crippen LogP contribution in [0.4, 0.5) is 4.79 Å². The van der Waals surface area contributed by atoms with E-state index in [4.69, 9.17) is 27.6 Å². The molecule has 7 nitrogen and oxygen atoms in total. The van der Waals surface area contributed by atoms with Crippen LogP contribution in [0.2, 0.25) is 10.0 Å². The molecule has 0 spiro atoms. The third kappa shape index (κ3) is 4.89. The van der Waals surface area contributed by atoms with Gasteiger partial charge in [0, 0.05) is 50.4 Å². The molecule has 0 saturated carbocycles. The van der Waals surface area contributed by atoms with Crippen LogP contribution < -0.4 is 5.32 Å². The molecular weight excluding hydrogens is 451 g/mol. The van der Waals surface area contributed by atoms with Gasteiger partial charge in [-0.2, -0.15) is 0 Å². The van der Waals surface area contributed by atoms with Crippen molar-refractivity contribution in [1.29, 1.82) is 0 Å². The van der Waals surface area contributed by atoms with Gasteiger partial charge in [0.1, 0.15) is 5.76 Å². The number of piperazine rings is 1. The SMILES string of the molecule is Cc1ncc(C2=C(O)C=C(N3CCN(C(=O)NCc4ccc(Cl)c(Cl)c4)[C@H](C)C3)CC2)o1. The average Bonchev–Trinajstić information content (AvgIpc) is 3.20. The summed E-state index contributed by atoms with van der Waals surface area (Å²) in [6, 6.07) is 5.26. The summed E-state index contributed by atoms with van der Waals surface area (Å²) in [5.74, 6) is 1.42. The summed E-state index contributed by atoms with van der Waals surface area (Å²) < 4.78 is 5.56. The Morgan fingerprint density at radius 3 is 2.75 bits per heavy atom. The van der Waals surface area contributed by atoms with E-state index in [1.165, 1.54) is 0 Å². The number of nitrogens with one attached hydrogen (secondary N) is 1. The van der Waals surface area contributed by atoms with Crippen molar-refractivity contribution in [2.24, 2.45) is 0 Å². The summed E-state index contributed by atoms with van der Waals surface area (Å²) in [6.45, 7) is 6.22. The molecule has 1 aromatic carbocycles. The molecule has 1 atom stereocenters. The Labute approximate surface area is 197 Å². The number of allylic oxidation sites excluding steroid dienone is 3. The molecule has 2 amide bonds. The van der Waals surface area contributed by atoms with Crippen LogP contribution in [-0.2, 0) is 6.54 Å². The summed E-state index contributed by atoms with van der Waals surface area (Å²) in [4.78, 5) is 20.9. The zero-order chi connectivity index (χ0) is 22.8. The first-order valence-corrected chi connectivity index (χ1v) is 11.4. The van der Waals surface area contributed by atoms with E-state index in [0.717, 1.165) is 23.3 Å². The second kappa shape index (κ2) is 9.46. The van der Waals surface area contributed by atoms with Gasteiger partial charge >= 0.3 is 6.03 Å². The fraction of sp³-hybridized carbons (Fsp3) is 0.391. The monoisotopic (exact) mass is 476 g/mol. The number of aryl methyl sites for hydroxylation is 1. The molecule has 1 aliphatic heterocycles. The minimum atomic E-state index is -0.105. The number of rotatable bonds is 4. The molecule has 0 unspecified atom stereocenters. The van der Waals surface area contributed by atoms with Crippen LogP contribution >= 0.6 is 23.2 Å². The van der Waals surface area contributed by atoms with Crippen molar-refractivity contribution in [1.82, 2.24) is 20.1 Å². The second-order valence-corrected chi connectivity index (χ2v) is 8.95. The largest absolute Gasteiger partial charge is 0.507 e. The molecule has 1 aromatic heterocycles. The third-order valence-electron chi connectivity index (χ3n) is 5.88. The average molecular weight is 477 g/mol. The van der Waals surface area contributed by atoms with Crippen molar-refractivity contribution in [3.8, 4) is 0 Å². The van der Waals surface area contributed by atoms with E-state index in [2.05, 4.69) is 15.2 Å². The number of aliphatic hydroxyl groups excluding tert-OH is 1. The van der Waals surface area contributed by atoms with Gasteiger partial charge in [0.05, 0.1) is 16.2 Å². The molecule has 2 aliphatic rings. The Morgan fingerprint density at radius 2 is 2.09 bits per heavy atom. The smallest absolute Gasteiger partial charge is 0.318 e. The van der Waals surface area contributed by atoms with Crippen LogP contribution in [0.3, 0.4) is 0 Å². The molecular formula is C23H26Cl2N4O3. The van der Waals surface area contributed by atoms with Crippen LogP contribution in [0.25, 0.3) is 5.57 Å². The molecule has 1 aliphatic carbocycles. The second-order valence-electron chi connectivity index (χ2n) is 8.14. The summed E-state index contributed by atoms with van der Waals surface area (Å²) in [5, 5.41) is 14.5. The van der Waals surface area contributed by atoms with Crippen LogP contribution in [0.15, 0.2) is 46.3 Å². The number of hydrogen-bond donors (Lipinski definition) is 2. The lowest BCUT2D eigenvalue weighted by Gasteiger charge is -2.42. The molecule has 1 saturated heterocycles. The van der Waals surface area contributed by atoms with Gasteiger partial charge in [0.25, 0.3) is 0 Å². The fourth-order valence-electron chi connectivity index (χ4n) is 4.15. The standard InChI is InChI=1S/C23H26Cl2N4O3/c1-14-13-28(17-4-5-18(21(30)10-17)22-12-26-15(2)32-22)7-8-29(14)23(31)27-11-16-3-6-19(24)20(25)9-16/h3,6,9-10,12,14,30H,4-5,7-8,11,13H2,1-2H3,(H,27,31)/t14-/m1/s1. The molecule has 0 radical (unpaired) electrons. The van der Waals surface area contributed by atoms with Gasteiger partial charge in [-0.05, 0) is 43.5 Å². The van der Waals surface area contributed by atoms with Crippen LogP contribution in [-0.4, -0.2) is 51.6 Å². The number of halogens is 2. The number of nitrogens with zero attached hydrogens (tertiary/aromatic N) is 3. The van der Waals surface area contributed by atoms with Crippen LogP contribution in [0, 0.1) is 6.92 Å². The Hall–Kier alpha value is -2.64.